The molecular weight excluding hydrogens is 397 g/mol. The van der Waals surface area contributed by atoms with Crippen LogP contribution in [0.4, 0.5) is 5.82 Å². The van der Waals surface area contributed by atoms with Gasteiger partial charge in [-0.25, -0.2) is 4.98 Å². The van der Waals surface area contributed by atoms with Crippen molar-refractivity contribution >= 4 is 43.9 Å². The summed E-state index contributed by atoms with van der Waals surface area (Å²) in [6.07, 6.45) is 6.68. The van der Waals surface area contributed by atoms with Crippen LogP contribution in [0.2, 0.25) is 0 Å². The molecular formula is C23H24N3O3P. The molecule has 30 heavy (non-hydrogen) atoms. The molecule has 3 heterocycles. The number of carbonyl (C=O) groups excluding carboxylic acids is 2. The second-order valence-electron chi connectivity index (χ2n) is 7.43. The van der Waals surface area contributed by atoms with Crippen molar-refractivity contribution in [2.24, 2.45) is 0 Å². The van der Waals surface area contributed by atoms with Crippen LogP contribution in [0.3, 0.4) is 0 Å². The molecule has 1 aromatic carbocycles. The van der Waals surface area contributed by atoms with Gasteiger partial charge in [0.15, 0.2) is 0 Å². The molecule has 0 bridgehead atoms. The summed E-state index contributed by atoms with van der Waals surface area (Å²) in [7, 11) is 4.32. The van der Waals surface area contributed by atoms with E-state index in [1.54, 1.807) is 35.2 Å². The molecule has 0 N–H and O–H groups in total. The maximum Gasteiger partial charge on any atom is 0.246 e. The zero-order valence-corrected chi connectivity index (χ0v) is 18.2. The Morgan fingerprint density at radius 3 is 2.90 bits per heavy atom. The molecule has 0 saturated carbocycles. The molecule has 1 aliphatic heterocycles. The van der Waals surface area contributed by atoms with E-state index in [4.69, 9.17) is 4.42 Å². The van der Waals surface area contributed by atoms with Gasteiger partial charge in [0.2, 0.25) is 11.8 Å². The van der Waals surface area contributed by atoms with Gasteiger partial charge in [0.05, 0.1) is 6.54 Å². The summed E-state index contributed by atoms with van der Waals surface area (Å²) < 4.78 is 5.91. The number of rotatable bonds is 5. The maximum absolute atomic E-state index is 12.6. The largest absolute Gasteiger partial charge is 0.459 e. The van der Waals surface area contributed by atoms with Crippen LogP contribution in [0, 0.1) is 6.92 Å². The number of furan rings is 1. The van der Waals surface area contributed by atoms with Gasteiger partial charge < -0.3 is 9.32 Å². The number of aryl methyl sites for hydroxylation is 2. The number of para-hydroxylation sites is 1. The predicted molar refractivity (Wildman–Crippen MR) is 121 cm³/mol. The number of hydrogen-bond donors (Lipinski definition) is 0. The van der Waals surface area contributed by atoms with Crippen LogP contribution in [0.1, 0.15) is 28.9 Å². The lowest BCUT2D eigenvalue weighted by atomic mass is 10.0. The Hall–Kier alpha value is -2.98. The van der Waals surface area contributed by atoms with E-state index in [1.807, 2.05) is 37.3 Å². The first kappa shape index (κ1) is 20.3. The number of hydrogen-bond acceptors (Lipinski definition) is 4. The molecule has 0 radical (unpaired) electrons. The Labute approximate surface area is 177 Å². The van der Waals surface area contributed by atoms with Gasteiger partial charge in [-0.1, -0.05) is 18.2 Å². The van der Waals surface area contributed by atoms with E-state index in [9.17, 15) is 9.59 Å². The van der Waals surface area contributed by atoms with E-state index in [2.05, 4.69) is 14.2 Å². The fourth-order valence-corrected chi connectivity index (χ4v) is 4.06. The lowest BCUT2D eigenvalue weighted by Crippen LogP contribution is -2.34. The normalized spacial score (nSPS) is 13.8. The van der Waals surface area contributed by atoms with Gasteiger partial charge in [0.25, 0.3) is 0 Å². The maximum atomic E-state index is 12.6. The summed E-state index contributed by atoms with van der Waals surface area (Å²) in [6.45, 7) is 2.41. The molecule has 3 aromatic rings. The summed E-state index contributed by atoms with van der Waals surface area (Å²) >= 11 is 0. The monoisotopic (exact) mass is 421 g/mol. The number of likely N-dealkylation sites (N-methyl/N-ethyl adjacent to an activating group) is 1. The molecule has 0 spiro atoms. The molecule has 6 nitrogen and oxygen atoms in total. The van der Waals surface area contributed by atoms with Crippen LogP contribution >= 0.6 is 9.24 Å². The first-order valence-electron chi connectivity index (χ1n) is 9.87. The van der Waals surface area contributed by atoms with Crippen molar-refractivity contribution in [2.75, 3.05) is 18.2 Å². The fraction of sp³-hybridized carbons (Fsp3) is 0.261. The van der Waals surface area contributed by atoms with Gasteiger partial charge in [-0.3, -0.25) is 14.5 Å². The fourth-order valence-electron chi connectivity index (χ4n) is 3.69. The minimum Gasteiger partial charge on any atom is -0.459 e. The minimum absolute atomic E-state index is 0.0889. The van der Waals surface area contributed by atoms with Gasteiger partial charge in [-0.15, -0.1) is 9.24 Å². The van der Waals surface area contributed by atoms with Crippen molar-refractivity contribution in [1.29, 1.82) is 0 Å². The first-order chi connectivity index (χ1) is 14.5. The number of carbonyl (C=O) groups is 2. The summed E-state index contributed by atoms with van der Waals surface area (Å²) in [5, 5.41) is 1.07. The van der Waals surface area contributed by atoms with E-state index < -0.39 is 0 Å². The zero-order valence-electron chi connectivity index (χ0n) is 17.1. The third-order valence-electron chi connectivity index (χ3n) is 5.43. The topological polar surface area (TPSA) is 66.7 Å². The molecule has 2 amide bonds. The van der Waals surface area contributed by atoms with Crippen LogP contribution in [-0.4, -0.2) is 35.0 Å². The van der Waals surface area contributed by atoms with Crippen LogP contribution in [0.15, 0.2) is 47.0 Å². The highest BCUT2D eigenvalue weighted by Gasteiger charge is 2.24. The zero-order chi connectivity index (χ0) is 21.3. The quantitative estimate of drug-likeness (QED) is 0.463. The van der Waals surface area contributed by atoms with Crippen LogP contribution in [-0.2, 0) is 22.6 Å². The van der Waals surface area contributed by atoms with Gasteiger partial charge in [0, 0.05) is 43.0 Å². The number of pyridine rings is 1. The number of fused-ring (bicyclic) bond motifs is 2. The van der Waals surface area contributed by atoms with E-state index >= 15 is 0 Å². The molecule has 0 fully saturated rings. The van der Waals surface area contributed by atoms with Crippen molar-refractivity contribution in [3.63, 3.8) is 0 Å². The van der Waals surface area contributed by atoms with E-state index in [0.717, 1.165) is 33.4 Å². The smallest absolute Gasteiger partial charge is 0.246 e. The van der Waals surface area contributed by atoms with Crippen LogP contribution in [0.25, 0.3) is 17.0 Å². The van der Waals surface area contributed by atoms with E-state index in [-0.39, 0.29) is 11.8 Å². The predicted octanol–water partition coefficient (Wildman–Crippen LogP) is 3.92. The summed E-state index contributed by atoms with van der Waals surface area (Å²) in [5.41, 5.74) is 3.76. The van der Waals surface area contributed by atoms with E-state index in [1.165, 1.54) is 0 Å². The number of amides is 2. The first-order valence-corrected chi connectivity index (χ1v) is 10.7. The summed E-state index contributed by atoms with van der Waals surface area (Å²) in [5.74, 6) is 1.47. The highest BCUT2D eigenvalue weighted by atomic mass is 31.0. The lowest BCUT2D eigenvalue weighted by Gasteiger charge is -2.27. The number of aromatic nitrogens is 1. The Bertz CT molecular complexity index is 1150. The molecule has 1 unspecified atom stereocenters. The Morgan fingerprint density at radius 1 is 1.33 bits per heavy atom. The van der Waals surface area contributed by atoms with Crippen molar-refractivity contribution in [3.05, 3.63) is 65.1 Å². The highest BCUT2D eigenvalue weighted by molar-refractivity contribution is 7.16. The number of nitrogens with zero attached hydrogens (tertiary/aromatic N) is 3. The van der Waals surface area contributed by atoms with Crippen molar-refractivity contribution in [2.45, 2.75) is 26.3 Å². The Kier molecular flexibility index (Phi) is 5.69. The van der Waals surface area contributed by atoms with Crippen LogP contribution < -0.4 is 4.90 Å². The second-order valence-corrected chi connectivity index (χ2v) is 7.79. The third-order valence-corrected chi connectivity index (χ3v) is 5.79. The highest BCUT2D eigenvalue weighted by Crippen LogP contribution is 2.28. The van der Waals surface area contributed by atoms with Gasteiger partial charge in [0.1, 0.15) is 17.2 Å². The second kappa shape index (κ2) is 8.41. The van der Waals surface area contributed by atoms with E-state index in [0.29, 0.717) is 31.5 Å². The SMILES string of the molecule is Cc1c(CN(C)C(=O)C=Cc2cnc3c(c2)CCC(=O)N3CP)oc2ccccc12. The molecule has 1 atom stereocenters. The molecule has 1 aliphatic rings. The summed E-state index contributed by atoms with van der Waals surface area (Å²) in [6, 6.07) is 9.87. The standard InChI is InChI=1S/C23H24N3O3P/c1-15-18-5-3-4-6-19(18)29-20(15)13-25(2)21(27)9-7-16-11-17-8-10-22(28)26(14-30)23(17)24-12-16/h3-7,9,11-12H,8,10,13-14,30H2,1-2H3. The van der Waals surface area contributed by atoms with Gasteiger partial charge >= 0.3 is 0 Å². The Morgan fingerprint density at radius 2 is 2.13 bits per heavy atom. The van der Waals surface area contributed by atoms with Crippen molar-refractivity contribution < 1.29 is 14.0 Å². The molecule has 4 rings (SSSR count). The molecule has 0 aliphatic carbocycles. The van der Waals surface area contributed by atoms with Gasteiger partial charge in [-0.2, -0.15) is 0 Å². The average Bonchev–Trinajstić information content (AvgIpc) is 3.07. The van der Waals surface area contributed by atoms with Crippen molar-refractivity contribution in [3.8, 4) is 0 Å². The van der Waals surface area contributed by atoms with Gasteiger partial charge in [-0.05, 0) is 42.7 Å². The van der Waals surface area contributed by atoms with Crippen LogP contribution in [0.5, 0.6) is 0 Å². The Balaban J connectivity index is 1.46. The number of anilines is 1. The average molecular weight is 421 g/mol. The molecule has 0 saturated heterocycles. The van der Waals surface area contributed by atoms with Crippen molar-refractivity contribution in [1.82, 2.24) is 9.88 Å². The minimum atomic E-state index is -0.116. The molecule has 2 aromatic heterocycles. The lowest BCUT2D eigenvalue weighted by molar-refractivity contribution is -0.125. The third kappa shape index (κ3) is 3.88. The molecule has 154 valence electrons. The number of benzene rings is 1. The molecule has 7 heteroatoms. The summed E-state index contributed by atoms with van der Waals surface area (Å²) in [4.78, 5) is 32.3.